The molecule has 144 valence electrons. The van der Waals surface area contributed by atoms with E-state index >= 15 is 0 Å². The first-order chi connectivity index (χ1) is 13.4. The summed E-state index contributed by atoms with van der Waals surface area (Å²) < 4.78 is 7.97. The van der Waals surface area contributed by atoms with Crippen LogP contribution in [-0.4, -0.2) is 36.3 Å². The Kier molecular flexibility index (Phi) is 3.59. The van der Waals surface area contributed by atoms with Crippen molar-refractivity contribution in [2.45, 2.75) is 45.6 Å². The maximum absolute atomic E-state index is 6.06. The molecule has 0 fully saturated rings. The zero-order valence-corrected chi connectivity index (χ0v) is 16.5. The summed E-state index contributed by atoms with van der Waals surface area (Å²) in [5.41, 5.74) is 5.07. The molecule has 8 heteroatoms. The number of aryl methyl sites for hydroxylation is 1. The molecule has 1 aliphatic rings. The number of H-pyrrole nitrogens is 1. The Morgan fingerprint density at radius 3 is 2.86 bits per heavy atom. The van der Waals surface area contributed by atoms with E-state index in [0.717, 1.165) is 35.6 Å². The molecule has 0 aromatic carbocycles. The minimum atomic E-state index is -0.200. The number of anilines is 1. The lowest BCUT2D eigenvalue weighted by atomic mass is 9.97. The average molecular weight is 377 g/mol. The summed E-state index contributed by atoms with van der Waals surface area (Å²) in [5, 5.41) is 13.5. The lowest BCUT2D eigenvalue weighted by Gasteiger charge is -2.32. The van der Waals surface area contributed by atoms with Crippen molar-refractivity contribution in [2.24, 2.45) is 0 Å². The van der Waals surface area contributed by atoms with Gasteiger partial charge in [0.15, 0.2) is 0 Å². The van der Waals surface area contributed by atoms with Gasteiger partial charge in [-0.2, -0.15) is 5.10 Å². The predicted molar refractivity (Wildman–Crippen MR) is 104 cm³/mol. The average Bonchev–Trinajstić information content (AvgIpc) is 3.38. The number of pyridine rings is 1. The van der Waals surface area contributed by atoms with E-state index in [-0.39, 0.29) is 11.5 Å². The van der Waals surface area contributed by atoms with Gasteiger partial charge >= 0.3 is 6.01 Å². The van der Waals surface area contributed by atoms with Crippen molar-refractivity contribution in [3.05, 3.63) is 59.3 Å². The van der Waals surface area contributed by atoms with E-state index in [1.165, 1.54) is 5.56 Å². The minimum absolute atomic E-state index is 0.178. The molecule has 5 heterocycles. The first kappa shape index (κ1) is 17.0. The van der Waals surface area contributed by atoms with E-state index in [0.29, 0.717) is 11.9 Å². The lowest BCUT2D eigenvalue weighted by Crippen LogP contribution is -2.37. The SMILES string of the molecule is Cc1cccn2nc([C@@H]3c4nc[nH]c4CCN3c3nnc(C(C)(C)C)o3)cc12. The Morgan fingerprint density at radius 1 is 1.25 bits per heavy atom. The molecule has 0 bridgehead atoms. The summed E-state index contributed by atoms with van der Waals surface area (Å²) in [7, 11) is 0. The highest BCUT2D eigenvalue weighted by Crippen LogP contribution is 2.37. The van der Waals surface area contributed by atoms with Crippen LogP contribution in [0.2, 0.25) is 0 Å². The number of aromatic nitrogens is 6. The summed E-state index contributed by atoms with van der Waals surface area (Å²) >= 11 is 0. The summed E-state index contributed by atoms with van der Waals surface area (Å²) in [6, 6.07) is 6.55. The van der Waals surface area contributed by atoms with Crippen LogP contribution in [0, 0.1) is 6.92 Å². The van der Waals surface area contributed by atoms with Crippen LogP contribution in [0.25, 0.3) is 5.52 Å². The monoisotopic (exact) mass is 377 g/mol. The van der Waals surface area contributed by atoms with Crippen molar-refractivity contribution in [1.29, 1.82) is 0 Å². The molecule has 4 aromatic rings. The van der Waals surface area contributed by atoms with Crippen LogP contribution in [-0.2, 0) is 11.8 Å². The molecule has 1 aliphatic heterocycles. The minimum Gasteiger partial charge on any atom is -0.407 e. The van der Waals surface area contributed by atoms with Gasteiger partial charge in [0.25, 0.3) is 0 Å². The molecule has 0 aliphatic carbocycles. The van der Waals surface area contributed by atoms with Crippen molar-refractivity contribution in [3.8, 4) is 0 Å². The summed E-state index contributed by atoms with van der Waals surface area (Å²) in [6.45, 7) is 9.03. The number of hydrogen-bond donors (Lipinski definition) is 1. The van der Waals surface area contributed by atoms with Crippen molar-refractivity contribution < 1.29 is 4.42 Å². The predicted octanol–water partition coefficient (Wildman–Crippen LogP) is 3.20. The highest BCUT2D eigenvalue weighted by molar-refractivity contribution is 5.57. The lowest BCUT2D eigenvalue weighted by molar-refractivity contribution is 0.385. The Balaban J connectivity index is 1.64. The van der Waals surface area contributed by atoms with Gasteiger partial charge in [-0.1, -0.05) is 31.9 Å². The van der Waals surface area contributed by atoms with Gasteiger partial charge in [0.1, 0.15) is 6.04 Å². The fourth-order valence-electron chi connectivity index (χ4n) is 3.73. The Morgan fingerprint density at radius 2 is 2.11 bits per heavy atom. The molecule has 28 heavy (non-hydrogen) atoms. The molecule has 1 atom stereocenters. The van der Waals surface area contributed by atoms with E-state index in [4.69, 9.17) is 9.52 Å². The van der Waals surface area contributed by atoms with E-state index in [1.54, 1.807) is 6.33 Å². The largest absolute Gasteiger partial charge is 0.407 e. The second-order valence-electron chi connectivity index (χ2n) is 8.34. The van der Waals surface area contributed by atoms with Crippen LogP contribution in [0.5, 0.6) is 0 Å². The number of imidazole rings is 1. The van der Waals surface area contributed by atoms with Crippen molar-refractivity contribution >= 4 is 11.5 Å². The molecule has 0 saturated heterocycles. The van der Waals surface area contributed by atoms with Gasteiger partial charge in [-0.15, -0.1) is 5.10 Å². The van der Waals surface area contributed by atoms with Crippen LogP contribution in [0.15, 0.2) is 35.1 Å². The number of nitrogens with one attached hydrogen (secondary N) is 1. The van der Waals surface area contributed by atoms with Gasteiger partial charge in [0.2, 0.25) is 5.89 Å². The van der Waals surface area contributed by atoms with Crippen molar-refractivity contribution in [1.82, 2.24) is 29.8 Å². The number of aromatic amines is 1. The van der Waals surface area contributed by atoms with Crippen LogP contribution in [0.1, 0.15) is 55.3 Å². The van der Waals surface area contributed by atoms with Crippen LogP contribution in [0.3, 0.4) is 0 Å². The fourth-order valence-corrected chi connectivity index (χ4v) is 3.73. The molecule has 5 rings (SSSR count). The second-order valence-corrected chi connectivity index (χ2v) is 8.34. The van der Waals surface area contributed by atoms with E-state index < -0.39 is 0 Å². The molecule has 0 unspecified atom stereocenters. The van der Waals surface area contributed by atoms with E-state index in [9.17, 15) is 0 Å². The highest BCUT2D eigenvalue weighted by Gasteiger charge is 2.36. The standard InChI is InChI=1S/C20H23N7O/c1-12-6-5-8-27-15(12)10-14(25-27)17-16-13(21-11-22-16)7-9-26(17)19-24-23-18(28-19)20(2,3)4/h5-6,8,10-11,17H,7,9H2,1-4H3,(H,21,22)/t17-/m1/s1. The van der Waals surface area contributed by atoms with Crippen LogP contribution < -0.4 is 4.90 Å². The molecule has 0 amide bonds. The van der Waals surface area contributed by atoms with Gasteiger partial charge in [0, 0.05) is 30.3 Å². The first-order valence-electron chi connectivity index (χ1n) is 9.49. The third kappa shape index (κ3) is 2.59. The van der Waals surface area contributed by atoms with Crippen LogP contribution >= 0.6 is 0 Å². The van der Waals surface area contributed by atoms with Gasteiger partial charge in [-0.3, -0.25) is 0 Å². The fraction of sp³-hybridized carbons (Fsp3) is 0.400. The topological polar surface area (TPSA) is 88.1 Å². The molecule has 4 aromatic heterocycles. The number of rotatable bonds is 2. The molecule has 8 nitrogen and oxygen atoms in total. The zero-order chi connectivity index (χ0) is 19.5. The Labute approximate surface area is 162 Å². The molecule has 0 spiro atoms. The van der Waals surface area contributed by atoms with Gasteiger partial charge < -0.3 is 14.3 Å². The van der Waals surface area contributed by atoms with E-state index in [2.05, 4.69) is 64.9 Å². The van der Waals surface area contributed by atoms with Crippen molar-refractivity contribution in [2.75, 3.05) is 11.4 Å². The smallest absolute Gasteiger partial charge is 0.319 e. The zero-order valence-electron chi connectivity index (χ0n) is 16.5. The number of fused-ring (bicyclic) bond motifs is 2. The number of nitrogens with zero attached hydrogens (tertiary/aromatic N) is 6. The van der Waals surface area contributed by atoms with Crippen LogP contribution in [0.4, 0.5) is 6.01 Å². The van der Waals surface area contributed by atoms with Crippen molar-refractivity contribution in [3.63, 3.8) is 0 Å². The first-order valence-corrected chi connectivity index (χ1v) is 9.49. The summed E-state index contributed by atoms with van der Waals surface area (Å²) in [6.07, 6.45) is 4.55. The highest BCUT2D eigenvalue weighted by atomic mass is 16.4. The molecular formula is C20H23N7O. The molecule has 1 N–H and O–H groups in total. The summed E-state index contributed by atoms with van der Waals surface area (Å²) in [4.78, 5) is 9.98. The normalized spacial score (nSPS) is 17.3. The molecule has 0 radical (unpaired) electrons. The van der Waals surface area contributed by atoms with Gasteiger partial charge in [-0.25, -0.2) is 9.50 Å². The molecule has 0 saturated carbocycles. The van der Waals surface area contributed by atoms with Gasteiger partial charge in [0.05, 0.1) is 23.2 Å². The van der Waals surface area contributed by atoms with Gasteiger partial charge in [-0.05, 0) is 24.6 Å². The second kappa shape index (κ2) is 5.92. The Hall–Kier alpha value is -3.16. The van der Waals surface area contributed by atoms with E-state index in [1.807, 2.05) is 16.8 Å². The third-order valence-electron chi connectivity index (χ3n) is 5.24. The maximum atomic E-state index is 6.06. The third-order valence-corrected chi connectivity index (χ3v) is 5.24. The Bertz CT molecular complexity index is 1150. The number of hydrogen-bond acceptors (Lipinski definition) is 6. The quantitative estimate of drug-likeness (QED) is 0.577. The molecular weight excluding hydrogens is 354 g/mol. The summed E-state index contributed by atoms with van der Waals surface area (Å²) in [5.74, 6) is 0.625. The maximum Gasteiger partial charge on any atom is 0.319 e.